The normalized spacial score (nSPS) is 18.0. The lowest BCUT2D eigenvalue weighted by atomic mass is 9.85. The average molecular weight is 321 g/mol. The molecule has 0 saturated carbocycles. The summed E-state index contributed by atoms with van der Waals surface area (Å²) in [4.78, 5) is 18.2. The number of benzene rings is 2. The number of carbonyl (C=O) groups is 1. The number of Topliss-reactive ketones (excluding diaryl/α,β-unsaturated/α-hetero) is 1. The molecule has 4 heteroatoms. The van der Waals surface area contributed by atoms with Gasteiger partial charge in [0.2, 0.25) is 0 Å². The number of hydrogen-bond donors (Lipinski definition) is 0. The molecule has 0 radical (unpaired) electrons. The number of para-hydroxylation sites is 1. The van der Waals surface area contributed by atoms with E-state index in [9.17, 15) is 4.79 Å². The third-order valence-electron chi connectivity index (χ3n) is 4.02. The van der Waals surface area contributed by atoms with E-state index in [4.69, 9.17) is 4.42 Å². The Hall–Kier alpha value is -2.46. The molecule has 0 N–H and O–H groups in total. The van der Waals surface area contributed by atoms with Gasteiger partial charge in [-0.15, -0.1) is 0 Å². The number of fused-ring (bicyclic) bond motifs is 1. The third-order valence-corrected chi connectivity index (χ3v) is 5.03. The van der Waals surface area contributed by atoms with Gasteiger partial charge >= 0.3 is 0 Å². The minimum Gasteiger partial charge on any atom is -0.434 e. The zero-order chi connectivity index (χ0) is 15.6. The van der Waals surface area contributed by atoms with Crippen LogP contribution in [-0.4, -0.2) is 5.78 Å². The van der Waals surface area contributed by atoms with Gasteiger partial charge in [0.1, 0.15) is 10.6 Å². The fourth-order valence-electron chi connectivity index (χ4n) is 2.89. The largest absolute Gasteiger partial charge is 0.434 e. The first-order chi connectivity index (χ1) is 11.3. The minimum atomic E-state index is 0.156. The lowest BCUT2D eigenvalue weighted by Crippen LogP contribution is -2.16. The van der Waals surface area contributed by atoms with Crippen molar-refractivity contribution in [3.8, 4) is 0 Å². The number of rotatable bonds is 2. The number of carbonyl (C=O) groups excluding carboxylic acids is 1. The Balaban J connectivity index is 1.69. The molecule has 1 aliphatic carbocycles. The highest BCUT2D eigenvalue weighted by atomic mass is 32.1. The second kappa shape index (κ2) is 5.97. The lowest BCUT2D eigenvalue weighted by molar-refractivity contribution is 0.0963. The third kappa shape index (κ3) is 2.90. The number of hydrogen-bond acceptors (Lipinski definition) is 4. The van der Waals surface area contributed by atoms with E-state index >= 15 is 0 Å². The highest BCUT2D eigenvalue weighted by Gasteiger charge is 2.30. The Kier molecular flexibility index (Phi) is 3.67. The van der Waals surface area contributed by atoms with Crippen LogP contribution in [-0.2, 0) is 6.42 Å². The molecule has 4 rings (SSSR count). The summed E-state index contributed by atoms with van der Waals surface area (Å²) in [6.07, 6.45) is 1.30. The zero-order valence-electron chi connectivity index (χ0n) is 12.4. The topological polar surface area (TPSA) is 42.6 Å². The second-order valence-electron chi connectivity index (χ2n) is 5.61. The van der Waals surface area contributed by atoms with Crippen molar-refractivity contribution in [3.63, 3.8) is 0 Å². The van der Waals surface area contributed by atoms with Crippen LogP contribution >= 0.6 is 11.3 Å². The van der Waals surface area contributed by atoms with Gasteiger partial charge in [0.25, 0.3) is 4.87 Å². The molecule has 0 amide bonds. The summed E-state index contributed by atoms with van der Waals surface area (Å²) in [5.74, 6) is 1.12. The Morgan fingerprint density at radius 2 is 1.65 bits per heavy atom. The summed E-state index contributed by atoms with van der Waals surface area (Å²) in [6.45, 7) is 0. The van der Waals surface area contributed by atoms with E-state index < -0.39 is 0 Å². The van der Waals surface area contributed by atoms with Crippen molar-refractivity contribution in [2.75, 3.05) is 0 Å². The predicted octanol–water partition coefficient (Wildman–Crippen LogP) is 4.49. The van der Waals surface area contributed by atoms with Crippen molar-refractivity contribution in [2.45, 2.75) is 18.8 Å². The summed E-state index contributed by atoms with van der Waals surface area (Å²) in [5, 5.41) is 0. The molecule has 3 aromatic rings. The summed E-state index contributed by atoms with van der Waals surface area (Å²) < 4.78 is 5.86. The summed E-state index contributed by atoms with van der Waals surface area (Å²) in [6, 6.07) is 19.8. The molecule has 1 aliphatic rings. The smallest absolute Gasteiger partial charge is 0.279 e. The van der Waals surface area contributed by atoms with E-state index in [1.807, 2.05) is 48.5 Å². The van der Waals surface area contributed by atoms with Crippen LogP contribution in [0.25, 0.3) is 0 Å². The molecule has 0 spiro atoms. The van der Waals surface area contributed by atoms with E-state index in [2.05, 4.69) is 17.1 Å². The van der Waals surface area contributed by atoms with Gasteiger partial charge in [0.05, 0.1) is 5.69 Å². The van der Waals surface area contributed by atoms with Crippen molar-refractivity contribution in [3.05, 3.63) is 81.7 Å². The minimum absolute atomic E-state index is 0.156. The van der Waals surface area contributed by atoms with Crippen molar-refractivity contribution in [2.24, 2.45) is 4.99 Å². The molecule has 3 nitrogen and oxygen atoms in total. The van der Waals surface area contributed by atoms with Crippen molar-refractivity contribution < 1.29 is 9.21 Å². The zero-order valence-corrected chi connectivity index (χ0v) is 13.3. The summed E-state index contributed by atoms with van der Waals surface area (Å²) >= 11 is 1.35. The molecule has 1 unspecified atom stereocenters. The predicted molar refractivity (Wildman–Crippen MR) is 90.1 cm³/mol. The fraction of sp³-hybridized carbons (Fsp3) is 0.158. The van der Waals surface area contributed by atoms with Crippen LogP contribution in [0, 0.1) is 0 Å². The van der Waals surface area contributed by atoms with Gasteiger partial charge < -0.3 is 4.42 Å². The van der Waals surface area contributed by atoms with Gasteiger partial charge in [-0.25, -0.2) is 4.99 Å². The van der Waals surface area contributed by atoms with Crippen LogP contribution in [0.2, 0.25) is 0 Å². The van der Waals surface area contributed by atoms with E-state index in [1.54, 1.807) is 0 Å². The first-order valence-electron chi connectivity index (χ1n) is 7.60. The molecule has 2 aromatic carbocycles. The van der Waals surface area contributed by atoms with Gasteiger partial charge in [-0.1, -0.05) is 59.9 Å². The van der Waals surface area contributed by atoms with Gasteiger partial charge in [-0.05, 0) is 23.6 Å². The van der Waals surface area contributed by atoms with E-state index in [0.29, 0.717) is 11.3 Å². The highest BCUT2D eigenvalue weighted by molar-refractivity contribution is 7.11. The molecule has 23 heavy (non-hydrogen) atoms. The first kappa shape index (κ1) is 14.2. The summed E-state index contributed by atoms with van der Waals surface area (Å²) in [5.41, 5.74) is 2.02. The maximum Gasteiger partial charge on any atom is 0.279 e. The van der Waals surface area contributed by atoms with Crippen LogP contribution in [0.4, 0.5) is 5.69 Å². The van der Waals surface area contributed by atoms with Crippen LogP contribution in [0.3, 0.4) is 0 Å². The molecule has 1 atom stereocenters. The van der Waals surface area contributed by atoms with Crippen molar-refractivity contribution in [1.82, 2.24) is 0 Å². The van der Waals surface area contributed by atoms with Gasteiger partial charge in [-0.2, -0.15) is 0 Å². The number of nitrogens with zero attached hydrogens (tertiary/aromatic N) is 1. The Bertz CT molecular complexity index is 894. The maximum atomic E-state index is 12.4. The fourth-order valence-corrected chi connectivity index (χ4v) is 3.79. The first-order valence-corrected chi connectivity index (χ1v) is 8.42. The molecular formula is C19H15NO2S. The molecule has 1 aromatic heterocycles. The highest BCUT2D eigenvalue weighted by Crippen LogP contribution is 2.33. The van der Waals surface area contributed by atoms with Gasteiger partial charge in [0.15, 0.2) is 5.78 Å². The van der Waals surface area contributed by atoms with Crippen molar-refractivity contribution in [1.29, 1.82) is 0 Å². The number of ketones is 1. The summed E-state index contributed by atoms with van der Waals surface area (Å²) in [7, 11) is 0. The van der Waals surface area contributed by atoms with Crippen LogP contribution < -0.4 is 4.87 Å². The Morgan fingerprint density at radius 1 is 0.957 bits per heavy atom. The lowest BCUT2D eigenvalue weighted by Gasteiger charge is -2.19. The van der Waals surface area contributed by atoms with Crippen molar-refractivity contribution >= 4 is 22.8 Å². The van der Waals surface area contributed by atoms with E-state index in [1.165, 1.54) is 16.9 Å². The molecule has 0 aliphatic heterocycles. The average Bonchev–Trinajstić information content (AvgIpc) is 2.99. The van der Waals surface area contributed by atoms with Gasteiger partial charge in [0, 0.05) is 12.8 Å². The molecule has 0 bridgehead atoms. The Labute approximate surface area is 138 Å². The van der Waals surface area contributed by atoms with Crippen LogP contribution in [0.15, 0.2) is 70.1 Å². The van der Waals surface area contributed by atoms with Crippen LogP contribution in [0.5, 0.6) is 0 Å². The van der Waals surface area contributed by atoms with Crippen LogP contribution in [0.1, 0.15) is 33.3 Å². The maximum absolute atomic E-state index is 12.4. The molecule has 0 saturated heterocycles. The molecule has 0 fully saturated rings. The SMILES string of the molecule is O=C1CC(c2ccccc2)Cc2oc(=Nc3ccccc3)sc21. The molecule has 1 heterocycles. The standard InChI is InChI=1S/C19H15NO2S/c21-16-11-14(13-7-3-1-4-8-13)12-17-18(16)23-19(22-17)20-15-9-5-2-6-10-15/h1-10,14H,11-12H2. The van der Waals surface area contributed by atoms with E-state index in [0.717, 1.165) is 22.7 Å². The quantitative estimate of drug-likeness (QED) is 0.698. The molecular weight excluding hydrogens is 306 g/mol. The van der Waals surface area contributed by atoms with Gasteiger partial charge in [-0.3, -0.25) is 4.79 Å². The van der Waals surface area contributed by atoms with E-state index in [-0.39, 0.29) is 11.7 Å². The Morgan fingerprint density at radius 3 is 2.39 bits per heavy atom. The molecule has 114 valence electrons. The monoisotopic (exact) mass is 321 g/mol. The second-order valence-corrected chi connectivity index (χ2v) is 6.57.